The lowest BCUT2D eigenvalue weighted by Gasteiger charge is -2.13. The molecule has 0 aliphatic heterocycles. The summed E-state index contributed by atoms with van der Waals surface area (Å²) in [5.41, 5.74) is 2.94. The molecule has 1 amide bonds. The minimum absolute atomic E-state index is 0.0250. The Bertz CT molecular complexity index is 769. The van der Waals surface area contributed by atoms with Crippen molar-refractivity contribution >= 4 is 23.2 Å². The Labute approximate surface area is 165 Å². The number of hydrogen-bond donors (Lipinski definition) is 2. The molecule has 1 aromatic heterocycles. The van der Waals surface area contributed by atoms with Gasteiger partial charge in [0.15, 0.2) is 5.96 Å². The number of guanidine groups is 1. The monoisotopic (exact) mass is 387 g/mol. The van der Waals surface area contributed by atoms with Crippen molar-refractivity contribution in [1.29, 1.82) is 0 Å². The number of aryl methyl sites for hydroxylation is 1. The first kappa shape index (κ1) is 20.9. The predicted molar refractivity (Wildman–Crippen MR) is 113 cm³/mol. The molecule has 0 saturated heterocycles. The SMILES string of the molecule is CCNC(=NCCc1csc(C)n1)NCCc1cccc(C(=O)N(C)C)c1. The van der Waals surface area contributed by atoms with E-state index < -0.39 is 0 Å². The summed E-state index contributed by atoms with van der Waals surface area (Å²) in [4.78, 5) is 22.8. The third-order valence-electron chi connectivity index (χ3n) is 3.93. The van der Waals surface area contributed by atoms with Gasteiger partial charge < -0.3 is 15.5 Å². The number of benzene rings is 1. The molecule has 0 bridgehead atoms. The Morgan fingerprint density at radius 2 is 2.07 bits per heavy atom. The summed E-state index contributed by atoms with van der Waals surface area (Å²) in [5.74, 6) is 0.835. The van der Waals surface area contributed by atoms with Crippen molar-refractivity contribution in [1.82, 2.24) is 20.5 Å². The maximum absolute atomic E-state index is 12.1. The van der Waals surface area contributed by atoms with Gasteiger partial charge in [-0.1, -0.05) is 12.1 Å². The molecule has 6 nitrogen and oxygen atoms in total. The number of aromatic nitrogens is 1. The fourth-order valence-corrected chi connectivity index (χ4v) is 3.24. The van der Waals surface area contributed by atoms with Crippen LogP contribution in [0.5, 0.6) is 0 Å². The lowest BCUT2D eigenvalue weighted by molar-refractivity contribution is 0.0827. The first-order valence-corrected chi connectivity index (χ1v) is 10.1. The zero-order valence-corrected chi connectivity index (χ0v) is 17.4. The molecule has 1 aromatic carbocycles. The molecule has 0 aliphatic rings. The van der Waals surface area contributed by atoms with Gasteiger partial charge in [-0.2, -0.15) is 0 Å². The second-order valence-electron chi connectivity index (χ2n) is 6.45. The van der Waals surface area contributed by atoms with E-state index in [2.05, 4.69) is 32.9 Å². The van der Waals surface area contributed by atoms with E-state index in [0.717, 1.165) is 53.7 Å². The maximum atomic E-state index is 12.1. The van der Waals surface area contributed by atoms with Crippen molar-refractivity contribution in [2.75, 3.05) is 33.7 Å². The van der Waals surface area contributed by atoms with Crippen LogP contribution in [0.1, 0.15) is 33.5 Å². The molecule has 0 atom stereocenters. The third-order valence-corrected chi connectivity index (χ3v) is 4.76. The molecule has 0 saturated carbocycles. The van der Waals surface area contributed by atoms with Crippen molar-refractivity contribution in [3.8, 4) is 0 Å². The fourth-order valence-electron chi connectivity index (χ4n) is 2.59. The van der Waals surface area contributed by atoms with Gasteiger partial charge in [-0.05, 0) is 38.0 Å². The molecular weight excluding hydrogens is 358 g/mol. The average molecular weight is 388 g/mol. The molecule has 2 aromatic rings. The second kappa shape index (κ2) is 10.7. The molecule has 1 heterocycles. The Morgan fingerprint density at radius 1 is 1.26 bits per heavy atom. The molecule has 7 heteroatoms. The average Bonchev–Trinajstić information content (AvgIpc) is 3.06. The number of carbonyl (C=O) groups is 1. The van der Waals surface area contributed by atoms with Crippen LogP contribution in [0.2, 0.25) is 0 Å². The van der Waals surface area contributed by atoms with Crippen LogP contribution in [-0.2, 0) is 12.8 Å². The van der Waals surface area contributed by atoms with Crippen LogP contribution in [-0.4, -0.2) is 55.5 Å². The molecule has 2 N–H and O–H groups in total. The van der Waals surface area contributed by atoms with Crippen LogP contribution in [0.25, 0.3) is 0 Å². The molecule has 146 valence electrons. The van der Waals surface area contributed by atoms with Crippen LogP contribution in [0.4, 0.5) is 0 Å². The van der Waals surface area contributed by atoms with Crippen molar-refractivity contribution in [3.05, 3.63) is 51.5 Å². The van der Waals surface area contributed by atoms with E-state index in [-0.39, 0.29) is 5.91 Å². The van der Waals surface area contributed by atoms with Gasteiger partial charge in [-0.15, -0.1) is 11.3 Å². The second-order valence-corrected chi connectivity index (χ2v) is 7.51. The topological polar surface area (TPSA) is 69.6 Å². The lowest BCUT2D eigenvalue weighted by Crippen LogP contribution is -2.38. The highest BCUT2D eigenvalue weighted by Crippen LogP contribution is 2.09. The zero-order valence-electron chi connectivity index (χ0n) is 16.6. The number of amides is 1. The minimum Gasteiger partial charge on any atom is -0.357 e. The van der Waals surface area contributed by atoms with Gasteiger partial charge in [-0.3, -0.25) is 9.79 Å². The van der Waals surface area contributed by atoms with E-state index in [4.69, 9.17) is 0 Å². The number of thiazole rings is 1. The standard InChI is InChI=1S/C20H29N5OS/c1-5-21-20(23-12-10-18-14-27-15(2)24-18)22-11-9-16-7-6-8-17(13-16)19(26)25(3)4/h6-8,13-14H,5,9-12H2,1-4H3,(H2,21,22,23). The van der Waals surface area contributed by atoms with Gasteiger partial charge >= 0.3 is 0 Å². The van der Waals surface area contributed by atoms with E-state index in [1.165, 1.54) is 0 Å². The van der Waals surface area contributed by atoms with Crippen molar-refractivity contribution in [2.45, 2.75) is 26.7 Å². The summed E-state index contributed by atoms with van der Waals surface area (Å²) in [6.07, 6.45) is 1.67. The Hall–Kier alpha value is -2.41. The van der Waals surface area contributed by atoms with Crippen LogP contribution in [0.3, 0.4) is 0 Å². The van der Waals surface area contributed by atoms with Crippen LogP contribution >= 0.6 is 11.3 Å². The van der Waals surface area contributed by atoms with Crippen LogP contribution in [0.15, 0.2) is 34.6 Å². The van der Waals surface area contributed by atoms with E-state index in [9.17, 15) is 4.79 Å². The quantitative estimate of drug-likeness (QED) is 0.539. The highest BCUT2D eigenvalue weighted by Gasteiger charge is 2.08. The van der Waals surface area contributed by atoms with E-state index in [0.29, 0.717) is 6.54 Å². The molecule has 2 rings (SSSR count). The summed E-state index contributed by atoms with van der Waals surface area (Å²) in [6.45, 7) is 6.34. The molecular formula is C20H29N5OS. The number of hydrogen-bond acceptors (Lipinski definition) is 4. The number of nitrogens with one attached hydrogen (secondary N) is 2. The smallest absolute Gasteiger partial charge is 0.253 e. The predicted octanol–water partition coefficient (Wildman–Crippen LogP) is 2.49. The van der Waals surface area contributed by atoms with Gasteiger partial charge in [0.25, 0.3) is 5.91 Å². The first-order chi connectivity index (χ1) is 13.0. The van der Waals surface area contributed by atoms with Gasteiger partial charge in [-0.25, -0.2) is 4.98 Å². The van der Waals surface area contributed by atoms with Gasteiger partial charge in [0.1, 0.15) is 0 Å². The molecule has 0 unspecified atom stereocenters. The summed E-state index contributed by atoms with van der Waals surface area (Å²) in [5, 5.41) is 9.81. The summed E-state index contributed by atoms with van der Waals surface area (Å²) >= 11 is 1.67. The summed E-state index contributed by atoms with van der Waals surface area (Å²) in [7, 11) is 3.53. The molecule has 0 spiro atoms. The molecule has 0 aliphatic carbocycles. The van der Waals surface area contributed by atoms with Crippen LogP contribution in [0, 0.1) is 6.92 Å². The van der Waals surface area contributed by atoms with Crippen molar-refractivity contribution < 1.29 is 4.79 Å². The van der Waals surface area contributed by atoms with Gasteiger partial charge in [0.2, 0.25) is 0 Å². The highest BCUT2D eigenvalue weighted by molar-refractivity contribution is 7.09. The first-order valence-electron chi connectivity index (χ1n) is 9.23. The number of rotatable bonds is 8. The number of carbonyl (C=O) groups excluding carboxylic acids is 1. The van der Waals surface area contributed by atoms with E-state index >= 15 is 0 Å². The maximum Gasteiger partial charge on any atom is 0.253 e. The zero-order chi connectivity index (χ0) is 19.6. The summed E-state index contributed by atoms with van der Waals surface area (Å²) in [6, 6.07) is 7.79. The van der Waals surface area contributed by atoms with Crippen LogP contribution < -0.4 is 10.6 Å². The number of nitrogens with zero attached hydrogens (tertiary/aromatic N) is 3. The van der Waals surface area contributed by atoms with Gasteiger partial charge in [0.05, 0.1) is 10.7 Å². The Balaban J connectivity index is 1.85. The Morgan fingerprint density at radius 3 is 2.74 bits per heavy atom. The minimum atomic E-state index is 0.0250. The largest absolute Gasteiger partial charge is 0.357 e. The van der Waals surface area contributed by atoms with E-state index in [1.807, 2.05) is 31.2 Å². The fraction of sp³-hybridized carbons (Fsp3) is 0.450. The number of aliphatic imine (C=N–C) groups is 1. The van der Waals surface area contributed by atoms with Gasteiger partial charge in [0, 0.05) is 51.1 Å². The summed E-state index contributed by atoms with van der Waals surface area (Å²) < 4.78 is 0. The van der Waals surface area contributed by atoms with Crippen molar-refractivity contribution in [2.24, 2.45) is 4.99 Å². The lowest BCUT2D eigenvalue weighted by atomic mass is 10.1. The Kier molecular flexibility index (Phi) is 8.26. The normalized spacial score (nSPS) is 11.3. The molecule has 0 fully saturated rings. The molecule has 27 heavy (non-hydrogen) atoms. The third kappa shape index (κ3) is 7.02. The van der Waals surface area contributed by atoms with E-state index in [1.54, 1.807) is 30.3 Å². The molecule has 0 radical (unpaired) electrons. The van der Waals surface area contributed by atoms with Crippen molar-refractivity contribution in [3.63, 3.8) is 0 Å². The highest BCUT2D eigenvalue weighted by atomic mass is 32.1.